The quantitative estimate of drug-likeness (QED) is 0.492. The third-order valence-corrected chi connectivity index (χ3v) is 5.01. The van der Waals surface area contributed by atoms with Crippen LogP contribution in [0.4, 0.5) is 10.1 Å². The molecule has 1 unspecified atom stereocenters. The summed E-state index contributed by atoms with van der Waals surface area (Å²) in [5.41, 5.74) is 2.01. The largest absolute Gasteiger partial charge is 0.340 e. The summed E-state index contributed by atoms with van der Waals surface area (Å²) in [4.78, 5) is 25.0. The number of aromatic amines is 1. The molecule has 0 fully saturated rings. The second-order valence-electron chi connectivity index (χ2n) is 5.74. The molecule has 1 heterocycles. The van der Waals surface area contributed by atoms with Gasteiger partial charge >= 0.3 is 12.9 Å². The minimum absolute atomic E-state index is 0.0492. The van der Waals surface area contributed by atoms with Gasteiger partial charge in [-0.2, -0.15) is 0 Å². The number of imidazole rings is 1. The number of rotatable bonds is 4. The number of halogens is 1. The number of amides is 1. The zero-order valence-electron chi connectivity index (χ0n) is 13.8. The Morgan fingerprint density at radius 3 is 2.68 bits per heavy atom. The monoisotopic (exact) mass is 362 g/mol. The Morgan fingerprint density at radius 1 is 1.32 bits per heavy atom. The highest BCUT2D eigenvalue weighted by atomic mass is 31.2. The molecule has 1 atom stereocenters. The lowest BCUT2D eigenvalue weighted by molar-refractivity contribution is -0.649. The molecule has 0 aliphatic carbocycles. The number of benzene rings is 2. The van der Waals surface area contributed by atoms with Gasteiger partial charge in [0.25, 0.3) is 5.91 Å². The number of hydrogen-bond acceptors (Lipinski definition) is 2. The van der Waals surface area contributed by atoms with Crippen molar-refractivity contribution < 1.29 is 23.2 Å². The van der Waals surface area contributed by atoms with Crippen LogP contribution in [0, 0.1) is 5.82 Å². The van der Waals surface area contributed by atoms with Crippen LogP contribution in [-0.2, 0) is 11.1 Å². The lowest BCUT2D eigenvalue weighted by Gasteiger charge is -2.05. The van der Waals surface area contributed by atoms with Crippen LogP contribution in [0.2, 0.25) is 0 Å². The lowest BCUT2D eigenvalue weighted by atomic mass is 10.2. The molecule has 8 heteroatoms. The van der Waals surface area contributed by atoms with E-state index in [1.807, 2.05) is 6.92 Å². The third kappa shape index (κ3) is 3.34. The molecule has 0 saturated carbocycles. The van der Waals surface area contributed by atoms with Gasteiger partial charge in [-0.25, -0.2) is 13.9 Å². The number of aromatic nitrogens is 2. The molecule has 3 rings (SSSR count). The van der Waals surface area contributed by atoms with E-state index in [2.05, 4.69) is 10.3 Å². The summed E-state index contributed by atoms with van der Waals surface area (Å²) in [6.07, 6.45) is 0. The molecule has 6 nitrogen and oxygen atoms in total. The molecule has 130 valence electrons. The van der Waals surface area contributed by atoms with Crippen LogP contribution in [0.15, 0.2) is 42.5 Å². The molecule has 0 bridgehead atoms. The average Bonchev–Trinajstić information content (AvgIpc) is 2.93. The first-order valence-electron chi connectivity index (χ1n) is 7.73. The summed E-state index contributed by atoms with van der Waals surface area (Å²) in [5, 5.41) is 2.64. The van der Waals surface area contributed by atoms with Crippen LogP contribution in [0.3, 0.4) is 0 Å². The summed E-state index contributed by atoms with van der Waals surface area (Å²) >= 11 is 0. The van der Waals surface area contributed by atoms with Crippen LogP contribution in [0.5, 0.6) is 0 Å². The van der Waals surface area contributed by atoms with Gasteiger partial charge in [0.15, 0.2) is 11.0 Å². The zero-order valence-corrected chi connectivity index (χ0v) is 14.7. The van der Waals surface area contributed by atoms with Gasteiger partial charge in [-0.05, 0) is 31.2 Å². The maximum absolute atomic E-state index is 13.7. The maximum atomic E-state index is 13.7. The summed E-state index contributed by atoms with van der Waals surface area (Å²) in [6, 6.07) is 10.8. The van der Waals surface area contributed by atoms with Crippen LogP contribution in [0.1, 0.15) is 17.3 Å². The van der Waals surface area contributed by atoms with Crippen molar-refractivity contribution in [3.63, 3.8) is 0 Å². The number of nitrogens with one attached hydrogen (secondary N) is 2. The van der Waals surface area contributed by atoms with Crippen LogP contribution in [-0.4, -0.2) is 22.4 Å². The van der Waals surface area contributed by atoms with Crippen molar-refractivity contribution in [2.45, 2.75) is 13.5 Å². The van der Waals surface area contributed by atoms with E-state index in [0.717, 1.165) is 5.52 Å². The van der Waals surface area contributed by atoms with Crippen LogP contribution in [0.25, 0.3) is 11.0 Å². The molecule has 25 heavy (non-hydrogen) atoms. The van der Waals surface area contributed by atoms with Crippen molar-refractivity contribution in [2.75, 3.05) is 12.0 Å². The van der Waals surface area contributed by atoms with E-state index in [0.29, 0.717) is 17.7 Å². The van der Waals surface area contributed by atoms with E-state index < -0.39 is 19.1 Å². The first-order chi connectivity index (χ1) is 11.8. The Morgan fingerprint density at radius 2 is 2.04 bits per heavy atom. The second-order valence-corrected chi connectivity index (χ2v) is 7.92. The van der Waals surface area contributed by atoms with Gasteiger partial charge in [-0.1, -0.05) is 12.1 Å². The minimum Gasteiger partial charge on any atom is -0.336 e. The zero-order chi connectivity index (χ0) is 18.2. The maximum Gasteiger partial charge on any atom is 0.340 e. The Hall–Kier alpha value is -2.50. The minimum atomic E-state index is -3.47. The van der Waals surface area contributed by atoms with E-state index in [-0.39, 0.29) is 11.1 Å². The topological polar surface area (TPSA) is 86.1 Å². The number of hydrogen-bond donors (Lipinski definition) is 3. The number of nitrogens with zero attached hydrogens (tertiary/aromatic N) is 1. The lowest BCUT2D eigenvalue weighted by Crippen LogP contribution is -2.46. The molecule has 0 aliphatic heterocycles. The molecule has 0 radical (unpaired) electrons. The van der Waals surface area contributed by atoms with Crippen LogP contribution < -0.4 is 15.4 Å². The Balaban J connectivity index is 1.98. The Labute approximate surface area is 143 Å². The molecule has 0 spiro atoms. The first-order valence-corrected chi connectivity index (χ1v) is 9.84. The second kappa shape index (κ2) is 6.43. The number of anilines is 1. The van der Waals surface area contributed by atoms with Gasteiger partial charge in [0, 0.05) is 18.4 Å². The van der Waals surface area contributed by atoms with E-state index in [1.165, 1.54) is 24.9 Å². The average molecular weight is 362 g/mol. The highest BCUT2D eigenvalue weighted by Crippen LogP contribution is 2.32. The summed E-state index contributed by atoms with van der Waals surface area (Å²) in [5.74, 6) is -1.16. The molecular formula is C17H18FN3O3P+. The number of carbonyl (C=O) groups is 1. The standard InChI is InChI=1S/C17H17FN3O3P/c1-3-21-15-9-8-11(10-14(15)20-17(21)25(2,23)24)19-16(22)12-6-4-5-7-13(12)18/h4-10H,3H2,1-2H3,(H2,19,22,23,24)/p+1. The highest BCUT2D eigenvalue weighted by molar-refractivity contribution is 7.64. The molecule has 1 amide bonds. The third-order valence-electron chi connectivity index (χ3n) is 3.88. The molecule has 2 aromatic carbocycles. The predicted octanol–water partition coefficient (Wildman–Crippen LogP) is 2.39. The highest BCUT2D eigenvalue weighted by Gasteiger charge is 2.30. The molecular weight excluding hydrogens is 344 g/mol. The first kappa shape index (κ1) is 17.3. The molecule has 3 N–H and O–H groups in total. The van der Waals surface area contributed by atoms with E-state index in [9.17, 15) is 18.6 Å². The number of H-pyrrole nitrogens is 1. The van der Waals surface area contributed by atoms with Crippen LogP contribution >= 0.6 is 7.37 Å². The van der Waals surface area contributed by atoms with Crippen molar-refractivity contribution >= 4 is 35.6 Å². The van der Waals surface area contributed by atoms with Crippen molar-refractivity contribution in [2.24, 2.45) is 0 Å². The summed E-state index contributed by atoms with van der Waals surface area (Å²) in [7, 11) is -3.47. The van der Waals surface area contributed by atoms with Crippen molar-refractivity contribution in [3.05, 3.63) is 53.8 Å². The van der Waals surface area contributed by atoms with Crippen molar-refractivity contribution in [3.8, 4) is 0 Å². The summed E-state index contributed by atoms with van der Waals surface area (Å²) < 4.78 is 27.5. The Bertz CT molecular complexity index is 1010. The fraction of sp³-hybridized carbons (Fsp3) is 0.176. The van der Waals surface area contributed by atoms with Gasteiger partial charge < -0.3 is 10.2 Å². The van der Waals surface area contributed by atoms with E-state index in [1.54, 1.807) is 28.8 Å². The molecule has 3 aromatic rings. The smallest absolute Gasteiger partial charge is 0.336 e. The SMILES string of the molecule is CC[n+]1c(P(C)(=O)O)[nH]c2cc(NC(=O)c3ccccc3F)ccc21. The van der Waals surface area contributed by atoms with Crippen molar-refractivity contribution in [1.82, 2.24) is 4.98 Å². The normalized spacial score (nSPS) is 13.6. The predicted molar refractivity (Wildman–Crippen MR) is 93.9 cm³/mol. The number of aryl methyl sites for hydroxylation is 1. The fourth-order valence-electron chi connectivity index (χ4n) is 2.74. The summed E-state index contributed by atoms with van der Waals surface area (Å²) in [6.45, 7) is 3.67. The molecule has 0 aliphatic rings. The van der Waals surface area contributed by atoms with Gasteiger partial charge in [-0.3, -0.25) is 9.36 Å². The van der Waals surface area contributed by atoms with Gasteiger partial charge in [0.2, 0.25) is 0 Å². The van der Waals surface area contributed by atoms with Gasteiger partial charge in [0.05, 0.1) is 12.1 Å². The molecule has 0 saturated heterocycles. The van der Waals surface area contributed by atoms with Gasteiger partial charge in [-0.15, -0.1) is 0 Å². The number of carbonyl (C=O) groups excluding carboxylic acids is 1. The molecule has 1 aromatic heterocycles. The van der Waals surface area contributed by atoms with E-state index >= 15 is 0 Å². The fourth-order valence-corrected chi connectivity index (χ4v) is 3.77. The van der Waals surface area contributed by atoms with E-state index in [4.69, 9.17) is 0 Å². The van der Waals surface area contributed by atoms with Crippen molar-refractivity contribution in [1.29, 1.82) is 0 Å². The number of fused-ring (bicyclic) bond motifs is 1. The van der Waals surface area contributed by atoms with Gasteiger partial charge in [0.1, 0.15) is 5.82 Å². The Kier molecular flexibility index (Phi) is 4.45.